The molecule has 0 spiro atoms. The van der Waals surface area contributed by atoms with Crippen molar-refractivity contribution in [3.05, 3.63) is 30.1 Å². The van der Waals surface area contributed by atoms with Gasteiger partial charge in [0, 0.05) is 6.07 Å². The highest BCUT2D eigenvalue weighted by atomic mass is 79.9. The number of aryl methyl sites for hydroxylation is 1. The van der Waals surface area contributed by atoms with Crippen LogP contribution >= 0.6 is 0 Å². The molecule has 1 aliphatic heterocycles. The molecular weight excluding hydrogens is 246 g/mol. The Hall–Kier alpha value is -0.450. The third kappa shape index (κ3) is 2.13. The highest BCUT2D eigenvalue weighted by molar-refractivity contribution is 5.12. The zero-order chi connectivity index (χ0) is 9.31. The molecule has 2 rings (SSSR count). The van der Waals surface area contributed by atoms with Gasteiger partial charge in [-0.2, -0.15) is 0 Å². The second-order valence-electron chi connectivity index (χ2n) is 3.40. The summed E-state index contributed by atoms with van der Waals surface area (Å²) >= 11 is 0. The molecule has 0 radical (unpaired) electrons. The quantitative estimate of drug-likeness (QED) is 0.532. The van der Waals surface area contributed by atoms with Crippen molar-refractivity contribution < 1.29 is 31.0 Å². The predicted molar refractivity (Wildman–Crippen MR) is 46.9 cm³/mol. The SMILES string of the molecule is C[n+]1cccc(C2(C)OCCO2)c1.[Br-]. The molecule has 3 nitrogen and oxygen atoms in total. The molecule has 78 valence electrons. The first-order chi connectivity index (χ1) is 6.21. The standard InChI is InChI=1S/C10H14NO2.BrH/c1-10(12-6-7-13-10)9-4-3-5-11(2)8-9;/h3-5,8H,6-7H2,1-2H3;1H/q+1;/p-1. The summed E-state index contributed by atoms with van der Waals surface area (Å²) in [6.07, 6.45) is 4.01. The summed E-state index contributed by atoms with van der Waals surface area (Å²) in [6.45, 7) is 3.31. The largest absolute Gasteiger partial charge is 1.00 e. The van der Waals surface area contributed by atoms with Gasteiger partial charge < -0.3 is 26.5 Å². The lowest BCUT2D eigenvalue weighted by Crippen LogP contribution is -3.00. The van der Waals surface area contributed by atoms with E-state index in [4.69, 9.17) is 9.47 Å². The highest BCUT2D eigenvalue weighted by Crippen LogP contribution is 2.29. The van der Waals surface area contributed by atoms with Gasteiger partial charge in [-0.15, -0.1) is 0 Å². The summed E-state index contributed by atoms with van der Waals surface area (Å²) in [7, 11) is 1.99. The van der Waals surface area contributed by atoms with Crippen LogP contribution in [0.4, 0.5) is 0 Å². The van der Waals surface area contributed by atoms with Crippen LogP contribution in [0.15, 0.2) is 24.5 Å². The first-order valence-electron chi connectivity index (χ1n) is 4.44. The summed E-state index contributed by atoms with van der Waals surface area (Å²) in [5, 5.41) is 0. The van der Waals surface area contributed by atoms with Crippen LogP contribution in [0.2, 0.25) is 0 Å². The average molecular weight is 260 g/mol. The Morgan fingerprint density at radius 2 is 2.00 bits per heavy atom. The topological polar surface area (TPSA) is 22.3 Å². The number of ether oxygens (including phenoxy) is 2. The molecule has 0 aliphatic carbocycles. The Balaban J connectivity index is 0.000000980. The Morgan fingerprint density at radius 1 is 1.36 bits per heavy atom. The van der Waals surface area contributed by atoms with Crippen molar-refractivity contribution in [2.24, 2.45) is 7.05 Å². The monoisotopic (exact) mass is 259 g/mol. The van der Waals surface area contributed by atoms with Crippen molar-refractivity contribution in [2.45, 2.75) is 12.7 Å². The lowest BCUT2D eigenvalue weighted by Gasteiger charge is -2.20. The molecule has 1 aliphatic rings. The van der Waals surface area contributed by atoms with Gasteiger partial charge >= 0.3 is 0 Å². The summed E-state index contributed by atoms with van der Waals surface area (Å²) in [5.74, 6) is -0.543. The van der Waals surface area contributed by atoms with E-state index in [-0.39, 0.29) is 17.0 Å². The molecule has 2 heterocycles. The van der Waals surface area contributed by atoms with Gasteiger partial charge in [-0.3, -0.25) is 0 Å². The first kappa shape index (κ1) is 11.6. The molecule has 0 N–H and O–H groups in total. The Bertz CT molecular complexity index is 311. The second kappa shape index (κ2) is 4.38. The zero-order valence-corrected chi connectivity index (χ0v) is 9.95. The lowest BCUT2D eigenvalue weighted by atomic mass is 10.1. The molecule has 0 saturated carbocycles. The highest BCUT2D eigenvalue weighted by Gasteiger charge is 2.34. The number of aromatic nitrogens is 1. The normalized spacial score (nSPS) is 19.0. The Labute approximate surface area is 94.4 Å². The van der Waals surface area contributed by atoms with Crippen LogP contribution in [0.1, 0.15) is 12.5 Å². The molecule has 1 aromatic heterocycles. The van der Waals surface area contributed by atoms with Crippen LogP contribution in [-0.2, 0) is 22.3 Å². The van der Waals surface area contributed by atoms with Gasteiger partial charge in [0.2, 0.25) is 0 Å². The van der Waals surface area contributed by atoms with Crippen LogP contribution in [-0.4, -0.2) is 13.2 Å². The molecule has 0 aromatic carbocycles. The van der Waals surface area contributed by atoms with Gasteiger partial charge in [0.1, 0.15) is 7.05 Å². The van der Waals surface area contributed by atoms with E-state index in [2.05, 4.69) is 0 Å². The van der Waals surface area contributed by atoms with Gasteiger partial charge in [0.25, 0.3) is 0 Å². The minimum atomic E-state index is -0.543. The van der Waals surface area contributed by atoms with Crippen molar-refractivity contribution >= 4 is 0 Å². The van der Waals surface area contributed by atoms with Crippen LogP contribution in [0, 0.1) is 0 Å². The van der Waals surface area contributed by atoms with E-state index in [0.717, 1.165) is 5.56 Å². The van der Waals surface area contributed by atoms with E-state index in [1.807, 2.05) is 43.1 Å². The summed E-state index contributed by atoms with van der Waals surface area (Å²) in [4.78, 5) is 0. The minimum Gasteiger partial charge on any atom is -1.00 e. The zero-order valence-electron chi connectivity index (χ0n) is 8.37. The molecule has 14 heavy (non-hydrogen) atoms. The molecule has 0 bridgehead atoms. The van der Waals surface area contributed by atoms with Crippen molar-refractivity contribution in [1.82, 2.24) is 0 Å². The fourth-order valence-corrected chi connectivity index (χ4v) is 1.54. The number of pyridine rings is 1. The molecule has 1 fully saturated rings. The smallest absolute Gasteiger partial charge is 0.197 e. The number of hydrogen-bond acceptors (Lipinski definition) is 2. The van der Waals surface area contributed by atoms with Crippen LogP contribution < -0.4 is 21.5 Å². The third-order valence-electron chi connectivity index (χ3n) is 2.30. The van der Waals surface area contributed by atoms with Crippen molar-refractivity contribution in [2.75, 3.05) is 13.2 Å². The van der Waals surface area contributed by atoms with E-state index in [0.29, 0.717) is 13.2 Å². The predicted octanol–water partition coefficient (Wildman–Crippen LogP) is -2.27. The third-order valence-corrected chi connectivity index (χ3v) is 2.30. The fraction of sp³-hybridized carbons (Fsp3) is 0.500. The van der Waals surface area contributed by atoms with Crippen LogP contribution in [0.25, 0.3) is 0 Å². The molecule has 0 amide bonds. The molecule has 4 heteroatoms. The van der Waals surface area contributed by atoms with Crippen LogP contribution in [0.3, 0.4) is 0 Å². The van der Waals surface area contributed by atoms with E-state index >= 15 is 0 Å². The Kier molecular flexibility index (Phi) is 3.64. The van der Waals surface area contributed by atoms with E-state index in [1.54, 1.807) is 0 Å². The number of nitrogens with zero attached hydrogens (tertiary/aromatic N) is 1. The lowest BCUT2D eigenvalue weighted by molar-refractivity contribution is -0.672. The summed E-state index contributed by atoms with van der Waals surface area (Å²) in [5.41, 5.74) is 1.06. The maximum absolute atomic E-state index is 5.55. The molecular formula is C10H14BrNO2. The van der Waals surface area contributed by atoms with E-state index < -0.39 is 5.79 Å². The molecule has 1 saturated heterocycles. The van der Waals surface area contributed by atoms with Gasteiger partial charge in [0.05, 0.1) is 18.8 Å². The number of hydrogen-bond donors (Lipinski definition) is 0. The second-order valence-corrected chi connectivity index (χ2v) is 3.40. The van der Waals surface area contributed by atoms with Gasteiger partial charge in [-0.1, -0.05) is 0 Å². The van der Waals surface area contributed by atoms with Crippen LogP contribution in [0.5, 0.6) is 0 Å². The number of rotatable bonds is 1. The molecule has 0 unspecified atom stereocenters. The first-order valence-corrected chi connectivity index (χ1v) is 4.44. The maximum atomic E-state index is 5.55. The maximum Gasteiger partial charge on any atom is 0.197 e. The van der Waals surface area contributed by atoms with Gasteiger partial charge in [-0.05, 0) is 13.0 Å². The summed E-state index contributed by atoms with van der Waals surface area (Å²) in [6, 6.07) is 4.01. The fourth-order valence-electron chi connectivity index (χ4n) is 1.54. The van der Waals surface area contributed by atoms with Gasteiger partial charge in [0.15, 0.2) is 18.2 Å². The summed E-state index contributed by atoms with van der Waals surface area (Å²) < 4.78 is 13.1. The number of halogens is 1. The van der Waals surface area contributed by atoms with Crippen molar-refractivity contribution in [1.29, 1.82) is 0 Å². The van der Waals surface area contributed by atoms with E-state index in [9.17, 15) is 0 Å². The molecule has 0 atom stereocenters. The van der Waals surface area contributed by atoms with Crippen molar-refractivity contribution in [3.63, 3.8) is 0 Å². The van der Waals surface area contributed by atoms with Crippen molar-refractivity contribution in [3.8, 4) is 0 Å². The van der Waals surface area contributed by atoms with Gasteiger partial charge in [-0.25, -0.2) is 4.57 Å². The average Bonchev–Trinajstić information content (AvgIpc) is 2.54. The molecule has 1 aromatic rings. The Morgan fingerprint density at radius 3 is 2.57 bits per heavy atom. The van der Waals surface area contributed by atoms with E-state index in [1.165, 1.54) is 0 Å². The minimum absolute atomic E-state index is 0.